The van der Waals surface area contributed by atoms with Gasteiger partial charge in [-0.05, 0) is 22.7 Å². The number of nitrogens with zero attached hydrogens (tertiary/aromatic N) is 3. The van der Waals surface area contributed by atoms with Gasteiger partial charge < -0.3 is 21.4 Å². The Labute approximate surface area is 162 Å². The van der Waals surface area contributed by atoms with E-state index in [9.17, 15) is 24.3 Å². The van der Waals surface area contributed by atoms with Crippen molar-refractivity contribution in [1.82, 2.24) is 13.9 Å². The number of aldehydes is 1. The molecule has 2 saturated heterocycles. The van der Waals surface area contributed by atoms with Crippen LogP contribution in [0.2, 0.25) is 0 Å². The van der Waals surface area contributed by atoms with Crippen LogP contribution in [0.4, 0.5) is 0 Å². The lowest BCUT2D eigenvalue weighted by Crippen LogP contribution is -2.71. The van der Waals surface area contributed by atoms with Crippen molar-refractivity contribution in [3.63, 3.8) is 0 Å². The van der Waals surface area contributed by atoms with Gasteiger partial charge in [-0.25, -0.2) is 8.51 Å². The Morgan fingerprint density at radius 3 is 2.69 bits per heavy atom. The van der Waals surface area contributed by atoms with Crippen LogP contribution in [0.25, 0.3) is 0 Å². The highest BCUT2D eigenvalue weighted by Gasteiger charge is 2.54. The summed E-state index contributed by atoms with van der Waals surface area (Å²) in [6.45, 7) is 0. The topological polar surface area (TPSA) is 166 Å². The number of oxime groups is 1. The first-order chi connectivity index (χ1) is 12.4. The Morgan fingerprint density at radius 2 is 2.15 bits per heavy atom. The number of amides is 2. The lowest BCUT2D eigenvalue weighted by molar-refractivity contribution is -0.150. The maximum atomic E-state index is 12.3. The molecule has 0 bridgehead atoms. The zero-order valence-electron chi connectivity index (χ0n) is 12.6. The molecule has 0 spiro atoms. The summed E-state index contributed by atoms with van der Waals surface area (Å²) in [4.78, 5) is 48.0. The highest BCUT2D eigenvalue weighted by Crippen LogP contribution is 2.47. The van der Waals surface area contributed by atoms with Crippen molar-refractivity contribution in [2.24, 2.45) is 10.9 Å². The van der Waals surface area contributed by atoms with Crippen LogP contribution in [0, 0.1) is 0 Å². The predicted octanol–water partition coefficient (Wildman–Crippen LogP) is -0.786. The minimum atomic E-state index is -1.39. The largest absolute Gasteiger partial charge is 0.477 e. The van der Waals surface area contributed by atoms with E-state index in [1.807, 2.05) is 0 Å². The SMILES string of the molecule is NC1SSN(C(=NO)C(=O)NC2C(=O)N3C(C(=O)O)=C(C=O)CSC23)S1. The number of β-lactam (4-membered cyclic amide) rings is 1. The van der Waals surface area contributed by atoms with E-state index in [1.165, 1.54) is 14.5 Å². The van der Waals surface area contributed by atoms with Gasteiger partial charge in [0.25, 0.3) is 17.6 Å². The van der Waals surface area contributed by atoms with Gasteiger partial charge in [0.2, 0.25) is 0 Å². The fourth-order valence-electron chi connectivity index (χ4n) is 2.40. The van der Waals surface area contributed by atoms with Gasteiger partial charge >= 0.3 is 5.97 Å². The lowest BCUT2D eigenvalue weighted by Gasteiger charge is -2.48. The monoisotopic (exact) mass is 437 g/mol. The van der Waals surface area contributed by atoms with E-state index in [2.05, 4.69) is 10.5 Å². The number of thioether (sulfide) groups is 1. The number of amidine groups is 1. The molecule has 140 valence electrons. The summed E-state index contributed by atoms with van der Waals surface area (Å²) < 4.78 is 0.969. The highest BCUT2D eigenvalue weighted by atomic mass is 33.1. The van der Waals surface area contributed by atoms with Crippen molar-refractivity contribution in [3.05, 3.63) is 11.3 Å². The lowest BCUT2D eigenvalue weighted by atomic mass is 10.0. The van der Waals surface area contributed by atoms with Crippen molar-refractivity contribution in [1.29, 1.82) is 0 Å². The first kappa shape index (κ1) is 19.2. The maximum absolute atomic E-state index is 12.3. The Kier molecular flexibility index (Phi) is 5.61. The molecule has 0 saturated carbocycles. The molecule has 3 aliphatic rings. The molecule has 3 aliphatic heterocycles. The zero-order valence-corrected chi connectivity index (χ0v) is 15.9. The molecule has 26 heavy (non-hydrogen) atoms. The van der Waals surface area contributed by atoms with E-state index in [1.54, 1.807) is 0 Å². The van der Waals surface area contributed by atoms with Gasteiger partial charge in [0.05, 0.1) is 0 Å². The second-order valence-corrected chi connectivity index (χ2v) is 9.94. The average molecular weight is 438 g/mol. The number of carbonyl (C=O) groups excluding carboxylic acids is 3. The van der Waals surface area contributed by atoms with E-state index in [4.69, 9.17) is 10.9 Å². The molecule has 11 nitrogen and oxygen atoms in total. The number of hydrogen-bond donors (Lipinski definition) is 4. The first-order valence-electron chi connectivity index (χ1n) is 6.84. The number of aliphatic carboxylic acids is 1. The van der Waals surface area contributed by atoms with Gasteiger partial charge in [-0.2, -0.15) is 0 Å². The van der Waals surface area contributed by atoms with Crippen LogP contribution in [0.1, 0.15) is 0 Å². The molecule has 3 unspecified atom stereocenters. The number of rotatable bonds is 3. The normalized spacial score (nSPS) is 28.6. The van der Waals surface area contributed by atoms with Gasteiger partial charge in [-0.15, -0.1) is 11.8 Å². The molecule has 15 heteroatoms. The first-order valence-corrected chi connectivity index (χ1v) is 10.9. The van der Waals surface area contributed by atoms with Crippen molar-refractivity contribution in [2.45, 2.75) is 16.1 Å². The number of nitrogens with one attached hydrogen (secondary N) is 1. The van der Waals surface area contributed by atoms with E-state index in [-0.39, 0.29) is 27.6 Å². The van der Waals surface area contributed by atoms with E-state index in [0.29, 0.717) is 6.29 Å². The number of nitrogens with two attached hydrogens (primary N) is 1. The van der Waals surface area contributed by atoms with Crippen molar-refractivity contribution in [2.75, 3.05) is 5.75 Å². The molecule has 2 fully saturated rings. The summed E-state index contributed by atoms with van der Waals surface area (Å²) in [5, 5.41) is 23.1. The second kappa shape index (κ2) is 7.59. The molecular weight excluding hydrogens is 426 g/mol. The minimum absolute atomic E-state index is 0.00497. The smallest absolute Gasteiger partial charge is 0.353 e. The summed E-state index contributed by atoms with van der Waals surface area (Å²) in [5.41, 5.74) is 5.31. The Hall–Kier alpha value is -1.55. The van der Waals surface area contributed by atoms with Crippen molar-refractivity contribution in [3.8, 4) is 0 Å². The van der Waals surface area contributed by atoms with Crippen LogP contribution in [0.15, 0.2) is 16.4 Å². The maximum Gasteiger partial charge on any atom is 0.353 e. The van der Waals surface area contributed by atoms with E-state index >= 15 is 0 Å². The minimum Gasteiger partial charge on any atom is -0.477 e. The molecule has 0 aromatic carbocycles. The van der Waals surface area contributed by atoms with Crippen LogP contribution in [0.3, 0.4) is 0 Å². The fourth-order valence-corrected chi connectivity index (χ4v) is 7.40. The fraction of sp³-hybridized carbons (Fsp3) is 0.364. The van der Waals surface area contributed by atoms with Crippen molar-refractivity contribution < 1.29 is 29.5 Å². The van der Waals surface area contributed by atoms with Gasteiger partial charge in [-0.1, -0.05) is 5.16 Å². The number of carboxylic acids is 1. The zero-order chi connectivity index (χ0) is 19.0. The van der Waals surface area contributed by atoms with Crippen LogP contribution in [-0.2, 0) is 19.2 Å². The van der Waals surface area contributed by atoms with Gasteiger partial charge in [0.15, 0.2) is 0 Å². The highest BCUT2D eigenvalue weighted by molar-refractivity contribution is 8.81. The molecule has 3 atom stereocenters. The summed E-state index contributed by atoms with van der Waals surface area (Å²) in [7, 11) is 2.36. The standard InChI is InChI=1S/C11H11N5O6S4/c12-11-24-16(26-25-11)6(14-22)7(18)13-4-8(19)15-5(10(20)21)3(1-17)2-23-9(4)15/h1,4,9,11,22H,2,12H2,(H,13,18)(H,20,21). The van der Waals surface area contributed by atoms with Gasteiger partial charge in [-0.3, -0.25) is 19.3 Å². The molecule has 3 rings (SSSR count). The summed E-state index contributed by atoms with van der Waals surface area (Å²) in [6, 6.07) is -0.995. The van der Waals surface area contributed by atoms with Crippen LogP contribution < -0.4 is 11.1 Å². The average Bonchev–Trinajstić information content (AvgIpc) is 3.04. The second-order valence-electron chi connectivity index (χ2n) is 4.98. The molecule has 5 N–H and O–H groups in total. The Bertz CT molecular complexity index is 745. The van der Waals surface area contributed by atoms with Gasteiger partial charge in [0.1, 0.15) is 28.1 Å². The third-order valence-corrected chi connectivity index (χ3v) is 8.97. The molecule has 0 aliphatic carbocycles. The summed E-state index contributed by atoms with van der Waals surface area (Å²) in [5.74, 6) is -3.07. The van der Waals surface area contributed by atoms with Crippen LogP contribution >= 0.6 is 45.5 Å². The Morgan fingerprint density at radius 1 is 1.42 bits per heavy atom. The molecule has 3 heterocycles. The van der Waals surface area contributed by atoms with E-state index in [0.717, 1.165) is 39.6 Å². The molecule has 0 radical (unpaired) electrons. The molecular formula is C11H11N5O6S4. The predicted molar refractivity (Wildman–Crippen MR) is 97.6 cm³/mol. The van der Waals surface area contributed by atoms with Crippen molar-refractivity contribution >= 4 is 75.4 Å². The third-order valence-electron chi connectivity index (χ3n) is 3.51. The number of fused-ring (bicyclic) bond motifs is 1. The quantitative estimate of drug-likeness (QED) is 0.0636. The summed E-state index contributed by atoms with van der Waals surface area (Å²) in [6.07, 6.45) is 0.408. The molecule has 2 amide bonds. The van der Waals surface area contributed by atoms with E-state index < -0.39 is 29.2 Å². The van der Waals surface area contributed by atoms with Gasteiger partial charge in [0, 0.05) is 22.3 Å². The molecule has 0 aromatic rings. The van der Waals surface area contributed by atoms with Crippen LogP contribution in [-0.4, -0.2) is 70.7 Å². The number of carboxylic acid groups (broad SMARTS) is 1. The molecule has 0 aromatic heterocycles. The van der Waals surface area contributed by atoms with Crippen LogP contribution in [0.5, 0.6) is 0 Å². The number of carbonyl (C=O) groups is 4. The number of hydrogen-bond acceptors (Lipinski definition) is 11. The summed E-state index contributed by atoms with van der Waals surface area (Å²) >= 11 is 2.23. The third kappa shape index (κ3) is 3.24. The Balaban J connectivity index is 1.72.